The van der Waals surface area contributed by atoms with Gasteiger partial charge in [-0.15, -0.1) is 0 Å². The first-order valence-corrected chi connectivity index (χ1v) is 7.66. The Morgan fingerprint density at radius 3 is 2.80 bits per heavy atom. The van der Waals surface area contributed by atoms with Crippen LogP contribution in [0.1, 0.15) is 50.4 Å². The molecule has 1 atom stereocenters. The summed E-state index contributed by atoms with van der Waals surface area (Å²) < 4.78 is 0. The highest BCUT2D eigenvalue weighted by atomic mass is 35.5. The van der Waals surface area contributed by atoms with Gasteiger partial charge < -0.3 is 10.6 Å². The van der Waals surface area contributed by atoms with Gasteiger partial charge in [-0.2, -0.15) is 0 Å². The number of rotatable bonds is 4. The molecule has 2 rings (SSSR count). The van der Waals surface area contributed by atoms with Crippen LogP contribution < -0.4 is 10.6 Å². The van der Waals surface area contributed by atoms with E-state index < -0.39 is 0 Å². The molecule has 20 heavy (non-hydrogen) atoms. The number of carbonyl (C=O) groups is 1. The number of hydrogen-bond donors (Lipinski definition) is 2. The Balaban J connectivity index is 2.18. The molecule has 1 aromatic rings. The summed E-state index contributed by atoms with van der Waals surface area (Å²) in [5, 5.41) is 6.97. The molecule has 0 heterocycles. The lowest BCUT2D eigenvalue weighted by Crippen LogP contribution is -2.41. The van der Waals surface area contributed by atoms with Crippen LogP contribution in [0.4, 0.5) is 5.69 Å². The molecule has 0 radical (unpaired) electrons. The van der Waals surface area contributed by atoms with Crippen molar-refractivity contribution in [3.63, 3.8) is 0 Å². The van der Waals surface area contributed by atoms with E-state index in [1.54, 1.807) is 12.1 Å². The van der Waals surface area contributed by atoms with Crippen LogP contribution in [0, 0.1) is 5.41 Å². The van der Waals surface area contributed by atoms with Gasteiger partial charge in [0.2, 0.25) is 0 Å². The lowest BCUT2D eigenvalue weighted by atomic mass is 9.87. The summed E-state index contributed by atoms with van der Waals surface area (Å²) >= 11 is 6.03. The zero-order valence-electron chi connectivity index (χ0n) is 12.4. The molecule has 1 unspecified atom stereocenters. The zero-order valence-corrected chi connectivity index (χ0v) is 13.2. The van der Waals surface area contributed by atoms with Gasteiger partial charge in [-0.25, -0.2) is 0 Å². The molecule has 0 bridgehead atoms. The Morgan fingerprint density at radius 1 is 1.45 bits per heavy atom. The van der Waals surface area contributed by atoms with E-state index in [1.165, 1.54) is 6.42 Å². The fourth-order valence-corrected chi connectivity index (χ4v) is 3.05. The molecule has 1 amide bonds. The number of hydrogen-bond acceptors (Lipinski definition) is 2. The van der Waals surface area contributed by atoms with Crippen molar-refractivity contribution in [1.82, 2.24) is 5.32 Å². The van der Waals surface area contributed by atoms with E-state index in [4.69, 9.17) is 11.6 Å². The van der Waals surface area contributed by atoms with Gasteiger partial charge in [0.15, 0.2) is 0 Å². The van der Waals surface area contributed by atoms with Crippen LogP contribution in [0.15, 0.2) is 18.2 Å². The maximum absolute atomic E-state index is 12.5. The third-order valence-corrected chi connectivity index (χ3v) is 4.39. The summed E-state index contributed by atoms with van der Waals surface area (Å²) in [5.41, 5.74) is 1.64. The highest BCUT2D eigenvalue weighted by Gasteiger charge is 2.35. The maximum Gasteiger partial charge on any atom is 0.253 e. The third-order valence-electron chi connectivity index (χ3n) is 4.16. The zero-order chi connectivity index (χ0) is 14.8. The lowest BCUT2D eigenvalue weighted by Gasteiger charge is -2.28. The predicted octanol–water partition coefficient (Wildman–Crippen LogP) is 4.08. The number of benzene rings is 1. The SMILES string of the molecule is CCNc1ccc(Cl)cc1C(=O)NC1CCCC1(C)C. The molecule has 1 aliphatic carbocycles. The van der Waals surface area contributed by atoms with Gasteiger partial charge in [0.05, 0.1) is 5.56 Å². The molecule has 4 heteroatoms. The quantitative estimate of drug-likeness (QED) is 0.878. The number of amides is 1. The van der Waals surface area contributed by atoms with Crippen molar-refractivity contribution in [2.75, 3.05) is 11.9 Å². The Bertz CT molecular complexity index is 499. The van der Waals surface area contributed by atoms with Crippen LogP contribution in [0.3, 0.4) is 0 Å². The number of carbonyl (C=O) groups excluding carboxylic acids is 1. The average Bonchev–Trinajstić information content (AvgIpc) is 2.71. The summed E-state index contributed by atoms with van der Waals surface area (Å²) in [6.45, 7) is 7.22. The van der Waals surface area contributed by atoms with Crippen molar-refractivity contribution in [3.05, 3.63) is 28.8 Å². The standard InChI is InChI=1S/C16H23ClN2O/c1-4-18-13-8-7-11(17)10-12(13)15(20)19-14-6-5-9-16(14,2)3/h7-8,10,14,18H,4-6,9H2,1-3H3,(H,19,20). The van der Waals surface area contributed by atoms with Gasteiger partial charge in [-0.3, -0.25) is 4.79 Å². The summed E-state index contributed by atoms with van der Waals surface area (Å²) in [4.78, 5) is 12.5. The van der Waals surface area contributed by atoms with E-state index in [0.29, 0.717) is 10.6 Å². The average molecular weight is 295 g/mol. The maximum atomic E-state index is 12.5. The van der Waals surface area contributed by atoms with Gasteiger partial charge >= 0.3 is 0 Å². The largest absolute Gasteiger partial charge is 0.385 e. The first-order valence-electron chi connectivity index (χ1n) is 7.28. The second-order valence-electron chi connectivity index (χ2n) is 6.13. The molecule has 2 N–H and O–H groups in total. The van der Waals surface area contributed by atoms with E-state index in [2.05, 4.69) is 24.5 Å². The van der Waals surface area contributed by atoms with Gasteiger partial charge in [0.1, 0.15) is 0 Å². The molecule has 110 valence electrons. The third kappa shape index (κ3) is 3.26. The summed E-state index contributed by atoms with van der Waals surface area (Å²) in [6, 6.07) is 5.64. The van der Waals surface area contributed by atoms with Crippen LogP contribution in [0.25, 0.3) is 0 Å². The molecular formula is C16H23ClN2O. The van der Waals surface area contributed by atoms with Crippen LogP contribution in [0.2, 0.25) is 5.02 Å². The molecular weight excluding hydrogens is 272 g/mol. The monoisotopic (exact) mass is 294 g/mol. The summed E-state index contributed by atoms with van der Waals surface area (Å²) in [6.07, 6.45) is 3.39. The molecule has 1 aliphatic rings. The van der Waals surface area contributed by atoms with Crippen LogP contribution in [-0.4, -0.2) is 18.5 Å². The Hall–Kier alpha value is -1.22. The van der Waals surface area contributed by atoms with E-state index >= 15 is 0 Å². The minimum Gasteiger partial charge on any atom is -0.385 e. The van der Waals surface area contributed by atoms with E-state index in [0.717, 1.165) is 25.1 Å². The highest BCUT2D eigenvalue weighted by Crippen LogP contribution is 2.37. The predicted molar refractivity (Wildman–Crippen MR) is 84.5 cm³/mol. The summed E-state index contributed by atoms with van der Waals surface area (Å²) in [7, 11) is 0. The first kappa shape index (κ1) is 15.2. The fraction of sp³-hybridized carbons (Fsp3) is 0.562. The van der Waals surface area contributed by atoms with E-state index in [9.17, 15) is 4.79 Å². The Morgan fingerprint density at radius 2 is 2.20 bits per heavy atom. The number of nitrogens with one attached hydrogen (secondary N) is 2. The van der Waals surface area contributed by atoms with E-state index in [1.807, 2.05) is 13.0 Å². The van der Waals surface area contributed by atoms with Crippen molar-refractivity contribution < 1.29 is 4.79 Å². The second kappa shape index (κ2) is 6.04. The van der Waals surface area contributed by atoms with Crippen molar-refractivity contribution >= 4 is 23.2 Å². The number of anilines is 1. The minimum absolute atomic E-state index is 0.0385. The normalized spacial score (nSPS) is 20.7. The Kier molecular flexibility index (Phi) is 4.59. The van der Waals surface area contributed by atoms with Crippen LogP contribution >= 0.6 is 11.6 Å². The summed E-state index contributed by atoms with van der Waals surface area (Å²) in [5.74, 6) is -0.0385. The molecule has 1 saturated carbocycles. The highest BCUT2D eigenvalue weighted by molar-refractivity contribution is 6.31. The van der Waals surface area contributed by atoms with Gasteiger partial charge in [-0.1, -0.05) is 31.9 Å². The second-order valence-corrected chi connectivity index (χ2v) is 6.56. The molecule has 0 spiro atoms. The number of halogens is 1. The van der Waals surface area contributed by atoms with Crippen molar-refractivity contribution in [2.24, 2.45) is 5.41 Å². The minimum atomic E-state index is -0.0385. The Labute approximate surface area is 126 Å². The molecule has 0 aliphatic heterocycles. The smallest absolute Gasteiger partial charge is 0.253 e. The van der Waals surface area contributed by atoms with Crippen LogP contribution in [-0.2, 0) is 0 Å². The fourth-order valence-electron chi connectivity index (χ4n) is 2.88. The first-order chi connectivity index (χ1) is 9.44. The molecule has 3 nitrogen and oxygen atoms in total. The van der Waals surface area contributed by atoms with Gasteiger partial charge in [-0.05, 0) is 43.4 Å². The lowest BCUT2D eigenvalue weighted by molar-refractivity contribution is 0.0911. The molecule has 0 aromatic heterocycles. The van der Waals surface area contributed by atoms with Crippen molar-refractivity contribution in [1.29, 1.82) is 0 Å². The van der Waals surface area contributed by atoms with Crippen molar-refractivity contribution in [2.45, 2.75) is 46.1 Å². The molecule has 0 saturated heterocycles. The topological polar surface area (TPSA) is 41.1 Å². The van der Waals surface area contributed by atoms with Gasteiger partial charge in [0, 0.05) is 23.3 Å². The van der Waals surface area contributed by atoms with Gasteiger partial charge in [0.25, 0.3) is 5.91 Å². The van der Waals surface area contributed by atoms with Crippen molar-refractivity contribution in [3.8, 4) is 0 Å². The molecule has 1 aromatic carbocycles. The van der Waals surface area contributed by atoms with Crippen LogP contribution in [0.5, 0.6) is 0 Å². The molecule has 1 fully saturated rings. The van der Waals surface area contributed by atoms with E-state index in [-0.39, 0.29) is 17.4 Å².